The van der Waals surface area contributed by atoms with E-state index in [1.54, 1.807) is 0 Å². The van der Waals surface area contributed by atoms with Crippen LogP contribution in [-0.4, -0.2) is 56.6 Å². The second-order valence-corrected chi connectivity index (χ2v) is 0. The van der Waals surface area contributed by atoms with Crippen LogP contribution in [0.25, 0.3) is 0 Å². The van der Waals surface area contributed by atoms with Crippen LogP contribution in [0.15, 0.2) is 0 Å². The Labute approximate surface area is 75.2 Å². The summed E-state index contributed by atoms with van der Waals surface area (Å²) < 4.78 is 0. The predicted octanol–water partition coefficient (Wildman–Crippen LogP) is 0.0972. The standard InChI is InChI=1S/Ca.Li.PS/c;;1-2. The Morgan fingerprint density at radius 3 is 1.25 bits per heavy atom. The van der Waals surface area contributed by atoms with E-state index in [9.17, 15) is 0 Å². The molecule has 0 spiro atoms. The van der Waals surface area contributed by atoms with Gasteiger partial charge in [0, 0.05) is 64.6 Å². The Bertz CT molecular complexity index is 8.00. The topological polar surface area (TPSA) is 0 Å². The second-order valence-electron chi connectivity index (χ2n) is 0. The molecule has 0 bridgehead atoms. The summed E-state index contributed by atoms with van der Waals surface area (Å²) in [6, 6.07) is 0. The van der Waals surface area contributed by atoms with Gasteiger partial charge in [0.1, 0.15) is 0 Å². The van der Waals surface area contributed by atoms with Crippen molar-refractivity contribution < 1.29 is 0 Å². The van der Waals surface area contributed by atoms with Gasteiger partial charge in [-0.3, -0.25) is 0 Å². The molecule has 0 aliphatic heterocycles. The first-order chi connectivity index (χ1) is 1.00. The van der Waals surface area contributed by atoms with Crippen LogP contribution in [0.3, 0.4) is 0 Å². The quantitative estimate of drug-likeness (QED) is 0.314. The molecule has 4 heteroatoms. The molecule has 0 rings (SSSR count). The molecule has 0 fully saturated rings. The molecule has 0 nitrogen and oxygen atoms in total. The molecule has 0 aromatic rings. The summed E-state index contributed by atoms with van der Waals surface area (Å²) in [5.41, 5.74) is 0. The van der Waals surface area contributed by atoms with Gasteiger partial charge in [0.2, 0.25) is 0 Å². The maximum absolute atomic E-state index is 3.78. The van der Waals surface area contributed by atoms with Crippen molar-refractivity contribution in [3.63, 3.8) is 0 Å². The number of hydrogen-bond acceptors (Lipinski definition) is 1. The SMILES string of the molecule is [Ca].[Li].[P]=S. The minimum absolute atomic E-state index is 0. The first kappa shape index (κ1) is 16.2. The molecule has 4 heavy (non-hydrogen) atoms. The summed E-state index contributed by atoms with van der Waals surface area (Å²) in [5, 5.41) is 0. The third-order valence-electron chi connectivity index (χ3n) is 0. The molecule has 0 unspecified atom stereocenters. The van der Waals surface area contributed by atoms with Crippen molar-refractivity contribution in [3.05, 3.63) is 0 Å². The van der Waals surface area contributed by atoms with E-state index in [2.05, 4.69) is 19.8 Å². The number of hydrogen-bond donors (Lipinski definition) is 0. The molecular weight excluding hydrogens is 110 g/mol. The summed E-state index contributed by atoms with van der Waals surface area (Å²) in [6.45, 7) is 0. The minimum atomic E-state index is 0. The molecule has 0 aliphatic carbocycles. The van der Waals surface area contributed by atoms with Crippen LogP contribution in [-0.2, 0) is 11.8 Å². The maximum atomic E-state index is 3.78. The van der Waals surface area contributed by atoms with Crippen LogP contribution >= 0.6 is 8.02 Å². The van der Waals surface area contributed by atoms with E-state index < -0.39 is 0 Å². The molecule has 0 heterocycles. The molecule has 0 amide bonds. The van der Waals surface area contributed by atoms with Crippen LogP contribution in [0.4, 0.5) is 0 Å². The van der Waals surface area contributed by atoms with E-state index >= 15 is 0 Å². The van der Waals surface area contributed by atoms with Crippen molar-refractivity contribution in [1.29, 1.82) is 0 Å². The van der Waals surface area contributed by atoms with Crippen molar-refractivity contribution in [3.8, 4) is 0 Å². The smallest absolute Gasteiger partial charge is 0.0464 e. The molecule has 0 saturated heterocycles. The molecular formula is CaLiPS. The third kappa shape index (κ3) is 8.83. The maximum Gasteiger partial charge on any atom is 0.0464 e. The van der Waals surface area contributed by atoms with Crippen molar-refractivity contribution in [2.45, 2.75) is 0 Å². The molecule has 0 aromatic heterocycles. The molecule has 4 radical (unpaired) electrons. The molecule has 0 atom stereocenters. The van der Waals surface area contributed by atoms with Crippen LogP contribution in [0.1, 0.15) is 0 Å². The van der Waals surface area contributed by atoms with E-state index in [0.29, 0.717) is 0 Å². The van der Waals surface area contributed by atoms with Crippen LogP contribution in [0.5, 0.6) is 0 Å². The van der Waals surface area contributed by atoms with Crippen molar-refractivity contribution in [1.82, 2.24) is 0 Å². The van der Waals surface area contributed by atoms with Gasteiger partial charge >= 0.3 is 0 Å². The summed E-state index contributed by atoms with van der Waals surface area (Å²) in [7, 11) is 3.11. The normalized spacial score (nSPS) is 1.00. The van der Waals surface area contributed by atoms with Gasteiger partial charge in [-0.25, -0.2) is 0 Å². The van der Waals surface area contributed by atoms with Gasteiger partial charge in [0.25, 0.3) is 0 Å². The second kappa shape index (κ2) is 18.2. The zero-order valence-corrected chi connectivity index (χ0v) is 6.48. The van der Waals surface area contributed by atoms with Crippen molar-refractivity contribution >= 4 is 76.4 Å². The summed E-state index contributed by atoms with van der Waals surface area (Å²) in [5.74, 6) is 0. The summed E-state index contributed by atoms with van der Waals surface area (Å²) in [6.07, 6.45) is 0. The van der Waals surface area contributed by atoms with Gasteiger partial charge in [-0.15, -0.1) is 0 Å². The van der Waals surface area contributed by atoms with Crippen molar-refractivity contribution in [2.24, 2.45) is 0 Å². The molecule has 0 saturated carbocycles. The predicted molar refractivity (Wildman–Crippen MR) is 25.8 cm³/mol. The van der Waals surface area contributed by atoms with E-state index in [-0.39, 0.29) is 56.6 Å². The van der Waals surface area contributed by atoms with Gasteiger partial charge in [-0.05, 0) is 11.8 Å². The van der Waals surface area contributed by atoms with Crippen LogP contribution in [0, 0.1) is 0 Å². The Balaban J connectivity index is -0.00000000500. The average Bonchev–Trinajstić information content (AvgIpc) is 1.00. The largest absolute Gasteiger partial charge is 0.0464 e. The average molecular weight is 110 g/mol. The van der Waals surface area contributed by atoms with Crippen LogP contribution in [0.2, 0.25) is 0 Å². The Kier molecular flexibility index (Phi) is 73.7. The summed E-state index contributed by atoms with van der Waals surface area (Å²) in [4.78, 5) is 0. The van der Waals surface area contributed by atoms with Gasteiger partial charge in [0.05, 0.1) is 0 Å². The van der Waals surface area contributed by atoms with Gasteiger partial charge in [0.15, 0.2) is 0 Å². The third-order valence-corrected chi connectivity index (χ3v) is 0. The van der Waals surface area contributed by atoms with E-state index in [0.717, 1.165) is 0 Å². The summed E-state index contributed by atoms with van der Waals surface area (Å²) >= 11 is 3.78. The van der Waals surface area contributed by atoms with Gasteiger partial charge in [-0.2, -0.15) is 0 Å². The first-order valence-corrected chi connectivity index (χ1v) is 1.64. The monoisotopic (exact) mass is 110 g/mol. The van der Waals surface area contributed by atoms with Crippen molar-refractivity contribution in [2.75, 3.05) is 0 Å². The zero-order valence-electron chi connectivity index (χ0n) is 2.56. The Morgan fingerprint density at radius 1 is 1.25 bits per heavy atom. The zero-order chi connectivity index (χ0) is 2.00. The number of rotatable bonds is 0. The van der Waals surface area contributed by atoms with Gasteiger partial charge < -0.3 is 0 Å². The fraction of sp³-hybridized carbons (Fsp3) is 0. The first-order valence-electron chi connectivity index (χ1n) is 0.183. The van der Waals surface area contributed by atoms with Crippen LogP contribution < -0.4 is 0 Å². The van der Waals surface area contributed by atoms with Gasteiger partial charge in [-0.1, -0.05) is 0 Å². The Hall–Kier alpha value is 2.38. The minimum Gasteiger partial charge on any atom is -0.0464 e. The molecule has 14 valence electrons. The molecule has 0 aromatic carbocycles. The van der Waals surface area contributed by atoms with E-state index in [1.807, 2.05) is 0 Å². The fourth-order valence-electron chi connectivity index (χ4n) is 0. The molecule has 0 aliphatic rings. The fourth-order valence-corrected chi connectivity index (χ4v) is 0. The molecule has 0 N–H and O–H groups in total. The van der Waals surface area contributed by atoms with E-state index in [4.69, 9.17) is 0 Å². The Morgan fingerprint density at radius 2 is 1.25 bits per heavy atom. The van der Waals surface area contributed by atoms with E-state index in [1.165, 1.54) is 0 Å².